The molecule has 3 nitrogen and oxygen atoms in total. The van der Waals surface area contributed by atoms with Crippen LogP contribution < -0.4 is 11.1 Å². The molecule has 0 spiro atoms. The molecule has 0 aliphatic carbocycles. The predicted octanol–water partition coefficient (Wildman–Crippen LogP) is 1.60. The summed E-state index contributed by atoms with van der Waals surface area (Å²) in [4.78, 5) is 4.15. The van der Waals surface area contributed by atoms with Gasteiger partial charge in [0.05, 0.1) is 4.47 Å². The lowest BCUT2D eigenvalue weighted by Crippen LogP contribution is -2.09. The normalized spacial score (nSPS) is 9.83. The Kier molecular flexibility index (Phi) is 4.04. The van der Waals surface area contributed by atoms with E-state index >= 15 is 0 Å². The second-order valence-corrected chi connectivity index (χ2v) is 3.26. The van der Waals surface area contributed by atoms with Gasteiger partial charge in [0.1, 0.15) is 5.82 Å². The molecule has 1 heterocycles. The number of pyridine rings is 1. The third kappa shape index (κ3) is 2.79. The van der Waals surface area contributed by atoms with Crippen molar-refractivity contribution in [3.63, 3.8) is 0 Å². The van der Waals surface area contributed by atoms with Crippen LogP contribution in [0.1, 0.15) is 6.42 Å². The van der Waals surface area contributed by atoms with Gasteiger partial charge in [-0.25, -0.2) is 4.98 Å². The van der Waals surface area contributed by atoms with E-state index in [1.54, 1.807) is 6.20 Å². The van der Waals surface area contributed by atoms with E-state index in [2.05, 4.69) is 26.2 Å². The van der Waals surface area contributed by atoms with Crippen LogP contribution in [0.25, 0.3) is 0 Å². The maximum Gasteiger partial charge on any atom is 0.140 e. The van der Waals surface area contributed by atoms with Crippen LogP contribution >= 0.6 is 15.9 Å². The monoisotopic (exact) mass is 229 g/mol. The lowest BCUT2D eigenvalue weighted by atomic mass is 10.4. The van der Waals surface area contributed by atoms with Crippen molar-refractivity contribution in [1.29, 1.82) is 0 Å². The third-order valence-corrected chi connectivity index (χ3v) is 2.07. The first-order valence-corrected chi connectivity index (χ1v) is 4.68. The molecule has 4 heteroatoms. The maximum atomic E-state index is 5.36. The number of hydrogen-bond donors (Lipinski definition) is 2. The summed E-state index contributed by atoms with van der Waals surface area (Å²) in [5, 5.41) is 3.18. The van der Waals surface area contributed by atoms with Crippen molar-refractivity contribution >= 4 is 21.7 Å². The van der Waals surface area contributed by atoms with Crippen molar-refractivity contribution in [3.05, 3.63) is 22.8 Å². The molecule has 0 saturated carbocycles. The van der Waals surface area contributed by atoms with Gasteiger partial charge in [0.2, 0.25) is 0 Å². The smallest absolute Gasteiger partial charge is 0.140 e. The van der Waals surface area contributed by atoms with E-state index in [0.29, 0.717) is 6.54 Å². The van der Waals surface area contributed by atoms with Crippen LogP contribution in [0.2, 0.25) is 0 Å². The van der Waals surface area contributed by atoms with Gasteiger partial charge in [-0.05, 0) is 41.0 Å². The number of aromatic nitrogens is 1. The van der Waals surface area contributed by atoms with Crippen molar-refractivity contribution in [3.8, 4) is 0 Å². The van der Waals surface area contributed by atoms with Crippen LogP contribution in [-0.2, 0) is 0 Å². The van der Waals surface area contributed by atoms with Gasteiger partial charge in [0.25, 0.3) is 0 Å². The number of halogens is 1. The molecule has 3 N–H and O–H groups in total. The number of anilines is 1. The highest BCUT2D eigenvalue weighted by Gasteiger charge is 1.96. The number of nitrogens with zero attached hydrogens (tertiary/aromatic N) is 1. The second-order valence-electron chi connectivity index (χ2n) is 2.40. The van der Waals surface area contributed by atoms with E-state index in [9.17, 15) is 0 Å². The molecule has 66 valence electrons. The fourth-order valence-electron chi connectivity index (χ4n) is 0.825. The van der Waals surface area contributed by atoms with Gasteiger partial charge in [-0.3, -0.25) is 0 Å². The zero-order valence-electron chi connectivity index (χ0n) is 6.76. The minimum absolute atomic E-state index is 0.706. The first-order chi connectivity index (χ1) is 5.84. The topological polar surface area (TPSA) is 50.9 Å². The van der Waals surface area contributed by atoms with Crippen LogP contribution in [0, 0.1) is 0 Å². The molecule has 0 radical (unpaired) electrons. The first-order valence-electron chi connectivity index (χ1n) is 3.89. The van der Waals surface area contributed by atoms with Gasteiger partial charge in [-0.2, -0.15) is 0 Å². The van der Waals surface area contributed by atoms with E-state index < -0.39 is 0 Å². The zero-order chi connectivity index (χ0) is 8.81. The molecule has 0 unspecified atom stereocenters. The van der Waals surface area contributed by atoms with E-state index in [0.717, 1.165) is 23.3 Å². The molecule has 0 amide bonds. The lowest BCUT2D eigenvalue weighted by molar-refractivity contribution is 0.869. The minimum Gasteiger partial charge on any atom is -0.369 e. The Morgan fingerprint density at radius 2 is 2.42 bits per heavy atom. The Bertz CT molecular complexity index is 239. The Hall–Kier alpha value is -0.610. The summed E-state index contributed by atoms with van der Waals surface area (Å²) in [6.45, 7) is 1.57. The third-order valence-electron chi connectivity index (χ3n) is 1.43. The predicted molar refractivity (Wildman–Crippen MR) is 54.1 cm³/mol. The van der Waals surface area contributed by atoms with Crippen LogP contribution in [0.3, 0.4) is 0 Å². The van der Waals surface area contributed by atoms with Gasteiger partial charge in [-0.1, -0.05) is 0 Å². The molecule has 0 saturated heterocycles. The highest BCUT2D eigenvalue weighted by molar-refractivity contribution is 9.10. The zero-order valence-corrected chi connectivity index (χ0v) is 8.34. The van der Waals surface area contributed by atoms with Gasteiger partial charge < -0.3 is 11.1 Å². The molecule has 0 aliphatic heterocycles. The van der Waals surface area contributed by atoms with Crippen LogP contribution in [0.15, 0.2) is 22.8 Å². The molecule has 1 aromatic rings. The highest BCUT2D eigenvalue weighted by Crippen LogP contribution is 2.17. The van der Waals surface area contributed by atoms with E-state index in [4.69, 9.17) is 5.73 Å². The van der Waals surface area contributed by atoms with Crippen molar-refractivity contribution in [2.45, 2.75) is 6.42 Å². The standard InChI is InChI=1S/C8H12BrN3/c9-7-3-1-5-11-8(7)12-6-2-4-10/h1,3,5H,2,4,6,10H2,(H,11,12). The van der Waals surface area contributed by atoms with E-state index in [1.165, 1.54) is 0 Å². The first kappa shape index (κ1) is 9.48. The Morgan fingerprint density at radius 1 is 1.58 bits per heavy atom. The van der Waals surface area contributed by atoms with Crippen molar-refractivity contribution in [2.75, 3.05) is 18.4 Å². The second kappa shape index (κ2) is 5.11. The molecule has 1 rings (SSSR count). The Labute approximate surface area is 80.5 Å². The van der Waals surface area contributed by atoms with E-state index in [1.807, 2.05) is 12.1 Å². The summed E-state index contributed by atoms with van der Waals surface area (Å²) < 4.78 is 0.988. The lowest BCUT2D eigenvalue weighted by Gasteiger charge is -2.05. The number of rotatable bonds is 4. The molecule has 12 heavy (non-hydrogen) atoms. The number of hydrogen-bond acceptors (Lipinski definition) is 3. The van der Waals surface area contributed by atoms with Crippen LogP contribution in [0.4, 0.5) is 5.82 Å². The summed E-state index contributed by atoms with van der Waals surface area (Å²) in [7, 11) is 0. The molecule has 0 atom stereocenters. The average molecular weight is 230 g/mol. The quantitative estimate of drug-likeness (QED) is 0.772. The summed E-state index contributed by atoms with van der Waals surface area (Å²) >= 11 is 3.39. The van der Waals surface area contributed by atoms with Gasteiger partial charge >= 0.3 is 0 Å². The highest BCUT2D eigenvalue weighted by atomic mass is 79.9. The van der Waals surface area contributed by atoms with Crippen LogP contribution in [0.5, 0.6) is 0 Å². The fourth-order valence-corrected chi connectivity index (χ4v) is 1.22. The van der Waals surface area contributed by atoms with Gasteiger partial charge in [0, 0.05) is 12.7 Å². The van der Waals surface area contributed by atoms with E-state index in [-0.39, 0.29) is 0 Å². The summed E-state index contributed by atoms with van der Waals surface area (Å²) in [5.41, 5.74) is 5.36. The number of nitrogens with one attached hydrogen (secondary N) is 1. The molecule has 0 aliphatic rings. The summed E-state index contributed by atoms with van der Waals surface area (Å²) in [6.07, 6.45) is 2.72. The van der Waals surface area contributed by atoms with Gasteiger partial charge in [-0.15, -0.1) is 0 Å². The Morgan fingerprint density at radius 3 is 3.08 bits per heavy atom. The molecule has 1 aromatic heterocycles. The summed E-state index contributed by atoms with van der Waals surface area (Å²) in [5.74, 6) is 0.881. The SMILES string of the molecule is NCCCNc1ncccc1Br. The number of nitrogens with two attached hydrogens (primary N) is 1. The van der Waals surface area contributed by atoms with Crippen LogP contribution in [-0.4, -0.2) is 18.1 Å². The van der Waals surface area contributed by atoms with Crippen molar-refractivity contribution in [2.24, 2.45) is 5.73 Å². The van der Waals surface area contributed by atoms with Crippen molar-refractivity contribution in [1.82, 2.24) is 4.98 Å². The minimum atomic E-state index is 0.706. The van der Waals surface area contributed by atoms with Gasteiger partial charge in [0.15, 0.2) is 0 Å². The summed E-state index contributed by atoms with van der Waals surface area (Å²) in [6, 6.07) is 3.84. The molecule has 0 aromatic carbocycles. The maximum absolute atomic E-state index is 5.36. The molecule has 0 fully saturated rings. The average Bonchev–Trinajstić information content (AvgIpc) is 2.09. The Balaban J connectivity index is 2.46. The largest absolute Gasteiger partial charge is 0.369 e. The fraction of sp³-hybridized carbons (Fsp3) is 0.375. The molecule has 0 bridgehead atoms. The molecular formula is C8H12BrN3. The van der Waals surface area contributed by atoms with Crippen molar-refractivity contribution < 1.29 is 0 Å². The molecular weight excluding hydrogens is 218 g/mol.